The van der Waals surface area contributed by atoms with E-state index in [1.54, 1.807) is 17.8 Å². The zero-order chi connectivity index (χ0) is 12.8. The third-order valence-electron chi connectivity index (χ3n) is 2.42. The van der Waals surface area contributed by atoms with Crippen molar-refractivity contribution in [3.8, 4) is 0 Å². The van der Waals surface area contributed by atoms with Crippen molar-refractivity contribution in [2.24, 2.45) is 0 Å². The van der Waals surface area contributed by atoms with Crippen molar-refractivity contribution < 1.29 is 4.39 Å². The Kier molecular flexibility index (Phi) is 4.42. The van der Waals surface area contributed by atoms with Gasteiger partial charge in [-0.3, -0.25) is 0 Å². The second-order valence-electron chi connectivity index (χ2n) is 3.81. The fraction of sp³-hybridized carbons (Fsp3) is 0.0667. The molecule has 0 heterocycles. The number of benzene rings is 2. The largest absolute Gasteiger partial charge is 0.398 e. The van der Waals surface area contributed by atoms with E-state index < -0.39 is 0 Å². The standard InChI is InChI=1S/C15H14FNS/c16-13-8-9-15(14(17)11-13)18-10-4-7-12-5-2-1-3-6-12/h1-9,11H,10,17H2/b7-4+. The van der Waals surface area contributed by atoms with E-state index in [9.17, 15) is 4.39 Å². The van der Waals surface area contributed by atoms with Gasteiger partial charge in [-0.25, -0.2) is 4.39 Å². The lowest BCUT2D eigenvalue weighted by molar-refractivity contribution is 0.627. The molecule has 1 nitrogen and oxygen atoms in total. The number of nitrogen functional groups attached to an aromatic ring is 1. The molecule has 0 aliphatic heterocycles. The van der Waals surface area contributed by atoms with Crippen LogP contribution in [0.3, 0.4) is 0 Å². The molecule has 0 aliphatic rings. The Morgan fingerprint density at radius 3 is 2.61 bits per heavy atom. The van der Waals surface area contributed by atoms with E-state index in [1.807, 2.05) is 30.3 Å². The zero-order valence-corrected chi connectivity index (χ0v) is 10.7. The van der Waals surface area contributed by atoms with Gasteiger partial charge in [0.05, 0.1) is 0 Å². The van der Waals surface area contributed by atoms with Gasteiger partial charge < -0.3 is 5.73 Å². The summed E-state index contributed by atoms with van der Waals surface area (Å²) in [6.45, 7) is 0. The fourth-order valence-electron chi connectivity index (χ4n) is 1.54. The van der Waals surface area contributed by atoms with Gasteiger partial charge in [0.15, 0.2) is 0 Å². The van der Waals surface area contributed by atoms with Gasteiger partial charge in [0.2, 0.25) is 0 Å². The van der Waals surface area contributed by atoms with Crippen LogP contribution in [0.2, 0.25) is 0 Å². The lowest BCUT2D eigenvalue weighted by atomic mass is 10.2. The van der Waals surface area contributed by atoms with Crippen molar-refractivity contribution in [2.75, 3.05) is 11.5 Å². The Morgan fingerprint density at radius 1 is 1.11 bits per heavy atom. The van der Waals surface area contributed by atoms with Crippen molar-refractivity contribution in [1.82, 2.24) is 0 Å². The van der Waals surface area contributed by atoms with Crippen LogP contribution in [0.1, 0.15) is 5.56 Å². The average molecular weight is 259 g/mol. The highest BCUT2D eigenvalue weighted by Crippen LogP contribution is 2.25. The molecule has 0 saturated heterocycles. The minimum Gasteiger partial charge on any atom is -0.398 e. The van der Waals surface area contributed by atoms with Crippen LogP contribution in [-0.4, -0.2) is 5.75 Å². The molecule has 92 valence electrons. The molecule has 2 aromatic carbocycles. The molecule has 2 rings (SSSR count). The summed E-state index contributed by atoms with van der Waals surface area (Å²) in [5.41, 5.74) is 7.39. The van der Waals surface area contributed by atoms with Crippen LogP contribution in [0.5, 0.6) is 0 Å². The maximum Gasteiger partial charge on any atom is 0.125 e. The minimum atomic E-state index is -0.295. The summed E-state index contributed by atoms with van der Waals surface area (Å²) in [5.74, 6) is 0.516. The topological polar surface area (TPSA) is 26.0 Å². The molecule has 0 fully saturated rings. The zero-order valence-electron chi connectivity index (χ0n) is 9.84. The van der Waals surface area contributed by atoms with Crippen LogP contribution in [0.15, 0.2) is 59.5 Å². The molecular formula is C15H14FNS. The van der Waals surface area contributed by atoms with Crippen LogP contribution in [0.25, 0.3) is 6.08 Å². The normalized spacial score (nSPS) is 10.9. The average Bonchev–Trinajstić information content (AvgIpc) is 2.38. The molecule has 2 aromatic rings. The highest BCUT2D eigenvalue weighted by Gasteiger charge is 1.99. The lowest BCUT2D eigenvalue weighted by Crippen LogP contribution is -1.89. The lowest BCUT2D eigenvalue weighted by Gasteiger charge is -2.02. The van der Waals surface area contributed by atoms with Gasteiger partial charge in [0.25, 0.3) is 0 Å². The summed E-state index contributed by atoms with van der Waals surface area (Å²) in [6.07, 6.45) is 4.13. The molecule has 3 heteroatoms. The molecule has 2 N–H and O–H groups in total. The van der Waals surface area contributed by atoms with Gasteiger partial charge in [-0.05, 0) is 23.8 Å². The van der Waals surface area contributed by atoms with Crippen molar-refractivity contribution in [2.45, 2.75) is 4.90 Å². The molecule has 0 atom stereocenters. The maximum atomic E-state index is 12.9. The number of rotatable bonds is 4. The summed E-state index contributed by atoms with van der Waals surface area (Å²) in [4.78, 5) is 0.911. The van der Waals surface area contributed by atoms with E-state index in [0.29, 0.717) is 5.69 Å². The second-order valence-corrected chi connectivity index (χ2v) is 4.87. The van der Waals surface area contributed by atoms with Crippen LogP contribution in [0.4, 0.5) is 10.1 Å². The van der Waals surface area contributed by atoms with E-state index in [2.05, 4.69) is 12.2 Å². The van der Waals surface area contributed by atoms with Crippen molar-refractivity contribution >= 4 is 23.5 Å². The van der Waals surface area contributed by atoms with Gasteiger partial charge >= 0.3 is 0 Å². The minimum absolute atomic E-state index is 0.295. The molecule has 0 amide bonds. The molecule has 18 heavy (non-hydrogen) atoms. The first kappa shape index (κ1) is 12.7. The Morgan fingerprint density at radius 2 is 1.89 bits per heavy atom. The van der Waals surface area contributed by atoms with Gasteiger partial charge in [-0.1, -0.05) is 42.5 Å². The molecular weight excluding hydrogens is 245 g/mol. The number of hydrogen-bond donors (Lipinski definition) is 1. The number of nitrogens with two attached hydrogens (primary N) is 1. The van der Waals surface area contributed by atoms with Crippen molar-refractivity contribution in [3.05, 3.63) is 66.0 Å². The van der Waals surface area contributed by atoms with Gasteiger partial charge in [0, 0.05) is 16.3 Å². The first-order valence-corrected chi connectivity index (χ1v) is 6.64. The Balaban J connectivity index is 1.91. The number of hydrogen-bond acceptors (Lipinski definition) is 2. The Labute approximate surface area is 111 Å². The monoisotopic (exact) mass is 259 g/mol. The summed E-state index contributed by atoms with van der Waals surface area (Å²) in [7, 11) is 0. The van der Waals surface area contributed by atoms with Crippen LogP contribution in [0, 0.1) is 5.82 Å². The van der Waals surface area contributed by atoms with E-state index in [4.69, 9.17) is 5.73 Å². The second kappa shape index (κ2) is 6.26. The van der Waals surface area contributed by atoms with Crippen LogP contribution >= 0.6 is 11.8 Å². The third kappa shape index (κ3) is 3.64. The summed E-state index contributed by atoms with van der Waals surface area (Å²) >= 11 is 1.60. The first-order valence-electron chi connectivity index (χ1n) is 5.65. The predicted octanol–water partition coefficient (Wildman–Crippen LogP) is 4.21. The third-order valence-corrected chi connectivity index (χ3v) is 3.46. The van der Waals surface area contributed by atoms with Gasteiger partial charge in [-0.15, -0.1) is 11.8 Å². The first-order chi connectivity index (χ1) is 8.75. The number of halogens is 1. The number of anilines is 1. The van der Waals surface area contributed by atoms with Gasteiger partial charge in [0.1, 0.15) is 5.82 Å². The predicted molar refractivity (Wildman–Crippen MR) is 77.0 cm³/mol. The Hall–Kier alpha value is -1.74. The molecule has 0 aliphatic carbocycles. The quantitative estimate of drug-likeness (QED) is 0.657. The van der Waals surface area contributed by atoms with E-state index in [0.717, 1.165) is 10.6 Å². The smallest absolute Gasteiger partial charge is 0.125 e. The fourth-order valence-corrected chi connectivity index (χ4v) is 2.30. The van der Waals surface area contributed by atoms with Crippen LogP contribution in [-0.2, 0) is 0 Å². The highest BCUT2D eigenvalue weighted by atomic mass is 32.2. The van der Waals surface area contributed by atoms with Crippen molar-refractivity contribution in [3.63, 3.8) is 0 Å². The van der Waals surface area contributed by atoms with Crippen LogP contribution < -0.4 is 5.73 Å². The van der Waals surface area contributed by atoms with E-state index >= 15 is 0 Å². The summed E-state index contributed by atoms with van der Waals surface area (Å²) in [6, 6.07) is 14.6. The van der Waals surface area contributed by atoms with E-state index in [-0.39, 0.29) is 5.82 Å². The molecule has 0 saturated carbocycles. The molecule has 0 aromatic heterocycles. The highest BCUT2D eigenvalue weighted by molar-refractivity contribution is 7.99. The van der Waals surface area contributed by atoms with Crippen molar-refractivity contribution in [1.29, 1.82) is 0 Å². The molecule has 0 unspecified atom stereocenters. The molecule has 0 bridgehead atoms. The maximum absolute atomic E-state index is 12.9. The summed E-state index contributed by atoms with van der Waals surface area (Å²) in [5, 5.41) is 0. The molecule has 0 radical (unpaired) electrons. The van der Waals surface area contributed by atoms with Gasteiger partial charge in [-0.2, -0.15) is 0 Å². The SMILES string of the molecule is Nc1cc(F)ccc1SC/C=C/c1ccccc1. The molecule has 0 spiro atoms. The Bertz CT molecular complexity index is 537. The number of thioether (sulfide) groups is 1. The summed E-state index contributed by atoms with van der Waals surface area (Å²) < 4.78 is 12.9. The van der Waals surface area contributed by atoms with E-state index in [1.165, 1.54) is 17.7 Å².